The van der Waals surface area contributed by atoms with Crippen molar-refractivity contribution in [2.24, 2.45) is 0 Å². The molecule has 1 nitrogen and oxygen atoms in total. The fourth-order valence-corrected chi connectivity index (χ4v) is 8.29. The summed E-state index contributed by atoms with van der Waals surface area (Å²) < 4.78 is 0. The monoisotopic (exact) mass is 446 g/mol. The standard InChI is InChI=1S/C25H22P.C6H6O/c1-5-13-22(14-6-1)21-26(23-15-7-2-8-16-23,24-17-9-3-10-18-24)25-19-11-4-12-20-25;7-6-4-2-1-3-5-6/h1-20H,21H2;1-5,7H/q+1;/p-1. The maximum Gasteiger partial charge on any atom is 0.116 e. The van der Waals surface area contributed by atoms with Crippen LogP contribution < -0.4 is 21.0 Å². The zero-order valence-corrected chi connectivity index (χ0v) is 19.4. The predicted molar refractivity (Wildman–Crippen MR) is 141 cm³/mol. The normalized spacial score (nSPS) is 10.7. The molecule has 5 aromatic carbocycles. The molecule has 0 amide bonds. The van der Waals surface area contributed by atoms with Gasteiger partial charge in [-0.15, -0.1) is 5.75 Å². The van der Waals surface area contributed by atoms with Crippen molar-refractivity contribution < 1.29 is 5.11 Å². The van der Waals surface area contributed by atoms with Gasteiger partial charge in [0.05, 0.1) is 6.16 Å². The Morgan fingerprint density at radius 3 is 1.00 bits per heavy atom. The van der Waals surface area contributed by atoms with Crippen molar-refractivity contribution in [1.29, 1.82) is 0 Å². The smallest absolute Gasteiger partial charge is 0.116 e. The van der Waals surface area contributed by atoms with Gasteiger partial charge < -0.3 is 5.11 Å². The van der Waals surface area contributed by atoms with Gasteiger partial charge in [0, 0.05) is 0 Å². The van der Waals surface area contributed by atoms with E-state index in [1.807, 2.05) is 6.07 Å². The molecule has 0 radical (unpaired) electrons. The lowest BCUT2D eigenvalue weighted by Crippen LogP contribution is -2.32. The van der Waals surface area contributed by atoms with Crippen molar-refractivity contribution in [3.63, 3.8) is 0 Å². The average Bonchev–Trinajstić information content (AvgIpc) is 2.90. The summed E-state index contributed by atoms with van der Waals surface area (Å²) in [4.78, 5) is 0. The van der Waals surface area contributed by atoms with Gasteiger partial charge in [-0.2, -0.15) is 0 Å². The molecule has 0 aliphatic carbocycles. The predicted octanol–water partition coefficient (Wildman–Crippen LogP) is 5.94. The second-order valence-electron chi connectivity index (χ2n) is 7.77. The van der Waals surface area contributed by atoms with E-state index >= 15 is 0 Å². The number of hydrogen-bond acceptors (Lipinski definition) is 1. The van der Waals surface area contributed by atoms with Crippen molar-refractivity contribution in [2.45, 2.75) is 6.16 Å². The molecule has 0 unspecified atom stereocenters. The van der Waals surface area contributed by atoms with E-state index in [9.17, 15) is 5.11 Å². The van der Waals surface area contributed by atoms with Crippen LogP contribution in [0.5, 0.6) is 5.75 Å². The average molecular weight is 447 g/mol. The molecule has 0 aliphatic rings. The zero-order valence-electron chi connectivity index (χ0n) is 18.5. The van der Waals surface area contributed by atoms with Gasteiger partial charge in [0.2, 0.25) is 0 Å². The lowest BCUT2D eigenvalue weighted by molar-refractivity contribution is -0.268. The summed E-state index contributed by atoms with van der Waals surface area (Å²) in [7, 11) is -1.78. The van der Waals surface area contributed by atoms with Crippen molar-refractivity contribution in [1.82, 2.24) is 0 Å². The maximum atomic E-state index is 10.3. The first kappa shape index (κ1) is 22.5. The SMILES string of the molecule is [O-]c1ccccc1.c1ccc(C[P+](c2ccccc2)(c2ccccc2)c2ccccc2)cc1. The van der Waals surface area contributed by atoms with Crippen LogP contribution >= 0.6 is 7.26 Å². The van der Waals surface area contributed by atoms with Gasteiger partial charge in [-0.3, -0.25) is 0 Å². The molecule has 0 fully saturated rings. The molecule has 0 N–H and O–H groups in total. The fourth-order valence-electron chi connectivity index (χ4n) is 4.05. The van der Waals surface area contributed by atoms with Crippen LogP contribution in [-0.2, 0) is 6.16 Å². The van der Waals surface area contributed by atoms with Gasteiger partial charge >= 0.3 is 0 Å². The van der Waals surface area contributed by atoms with Crippen molar-refractivity contribution in [3.05, 3.63) is 157 Å². The summed E-state index contributed by atoms with van der Waals surface area (Å²) in [5.41, 5.74) is 1.39. The fraction of sp³-hybridized carbons (Fsp3) is 0.0323. The topological polar surface area (TPSA) is 23.1 Å². The molecule has 33 heavy (non-hydrogen) atoms. The summed E-state index contributed by atoms with van der Waals surface area (Å²) in [5.74, 6) is 0.0718. The molecule has 0 heterocycles. The molecular weight excluding hydrogens is 419 g/mol. The van der Waals surface area contributed by atoms with Gasteiger partial charge in [0.1, 0.15) is 23.2 Å². The highest BCUT2D eigenvalue weighted by Crippen LogP contribution is 2.58. The van der Waals surface area contributed by atoms with E-state index in [2.05, 4.69) is 121 Å². The molecule has 0 atom stereocenters. The molecular formula is C31H27OP. The van der Waals surface area contributed by atoms with E-state index in [4.69, 9.17) is 0 Å². The Labute approximate surface area is 197 Å². The summed E-state index contributed by atoms with van der Waals surface area (Å²) in [6.07, 6.45) is 1.03. The van der Waals surface area contributed by atoms with E-state index in [0.29, 0.717) is 0 Å². The lowest BCUT2D eigenvalue weighted by atomic mass is 10.2. The molecule has 0 spiro atoms. The quantitative estimate of drug-likeness (QED) is 0.306. The molecule has 5 aromatic rings. The van der Waals surface area contributed by atoms with Crippen LogP contribution in [0, 0.1) is 0 Å². The molecule has 0 saturated heterocycles. The van der Waals surface area contributed by atoms with Gasteiger partial charge in [-0.1, -0.05) is 115 Å². The van der Waals surface area contributed by atoms with Crippen LogP contribution in [-0.4, -0.2) is 0 Å². The number of rotatable bonds is 5. The summed E-state index contributed by atoms with van der Waals surface area (Å²) in [5, 5.41) is 14.6. The maximum absolute atomic E-state index is 10.3. The highest BCUT2D eigenvalue weighted by Gasteiger charge is 2.45. The van der Waals surface area contributed by atoms with E-state index in [1.54, 1.807) is 12.1 Å². The lowest BCUT2D eigenvalue weighted by Gasteiger charge is -2.27. The molecule has 0 aliphatic heterocycles. The van der Waals surface area contributed by atoms with Gasteiger partial charge in [0.25, 0.3) is 0 Å². The molecule has 162 valence electrons. The minimum absolute atomic E-state index is 0.0718. The zero-order chi connectivity index (χ0) is 22.8. The molecule has 0 saturated carbocycles. The third kappa shape index (κ3) is 5.58. The highest BCUT2D eigenvalue weighted by molar-refractivity contribution is 7.95. The largest absolute Gasteiger partial charge is 0.872 e. The van der Waals surface area contributed by atoms with Gasteiger partial charge in [0.15, 0.2) is 0 Å². The Balaban J connectivity index is 0.000000318. The second kappa shape index (κ2) is 11.3. The number of benzene rings is 5. The molecule has 5 rings (SSSR count). The van der Waals surface area contributed by atoms with Crippen LogP contribution in [0.15, 0.2) is 152 Å². The van der Waals surface area contributed by atoms with Crippen LogP contribution in [0.25, 0.3) is 0 Å². The van der Waals surface area contributed by atoms with Crippen LogP contribution in [0.4, 0.5) is 0 Å². The van der Waals surface area contributed by atoms with Gasteiger partial charge in [-0.05, 0) is 42.0 Å². The third-order valence-corrected chi connectivity index (χ3v) is 9.98. The molecule has 2 heteroatoms. The number of hydrogen-bond donors (Lipinski definition) is 0. The second-order valence-corrected chi connectivity index (χ2v) is 11.3. The van der Waals surface area contributed by atoms with Gasteiger partial charge in [-0.25, -0.2) is 0 Å². The van der Waals surface area contributed by atoms with E-state index < -0.39 is 7.26 Å². The first-order valence-electron chi connectivity index (χ1n) is 11.1. The summed E-state index contributed by atoms with van der Waals surface area (Å²) in [6, 6.07) is 52.4. The summed E-state index contributed by atoms with van der Waals surface area (Å²) >= 11 is 0. The number of para-hydroxylation sites is 1. The van der Waals surface area contributed by atoms with Crippen LogP contribution in [0.2, 0.25) is 0 Å². The van der Waals surface area contributed by atoms with E-state index in [1.165, 1.54) is 33.6 Å². The highest BCUT2D eigenvalue weighted by atomic mass is 31.2. The first-order chi connectivity index (χ1) is 16.3. The third-order valence-electron chi connectivity index (χ3n) is 5.60. The molecule has 0 aromatic heterocycles. The van der Waals surface area contributed by atoms with E-state index in [-0.39, 0.29) is 5.75 Å². The summed E-state index contributed by atoms with van der Waals surface area (Å²) in [6.45, 7) is 0. The minimum atomic E-state index is -1.78. The van der Waals surface area contributed by atoms with E-state index in [0.717, 1.165) is 6.16 Å². The van der Waals surface area contributed by atoms with Crippen molar-refractivity contribution in [2.75, 3.05) is 0 Å². The van der Waals surface area contributed by atoms with Crippen LogP contribution in [0.1, 0.15) is 5.56 Å². The van der Waals surface area contributed by atoms with Crippen LogP contribution in [0.3, 0.4) is 0 Å². The Morgan fingerprint density at radius 2 is 0.697 bits per heavy atom. The molecule has 0 bridgehead atoms. The first-order valence-corrected chi connectivity index (χ1v) is 13.1. The minimum Gasteiger partial charge on any atom is -0.872 e. The Morgan fingerprint density at radius 1 is 0.394 bits per heavy atom. The van der Waals surface area contributed by atoms with Crippen molar-refractivity contribution >= 4 is 23.2 Å². The Kier molecular flexibility index (Phi) is 7.69. The van der Waals surface area contributed by atoms with Crippen molar-refractivity contribution in [3.8, 4) is 5.75 Å². The Hall–Kier alpha value is -3.67. The Bertz CT molecular complexity index is 1110.